The first-order chi connectivity index (χ1) is 52.7. The molecule has 2 saturated carbocycles. The minimum Gasteiger partial charge on any atom is -0.496 e. The van der Waals surface area contributed by atoms with Gasteiger partial charge in [-0.25, -0.2) is 13.5 Å². The van der Waals surface area contributed by atoms with Crippen molar-refractivity contribution in [2.45, 2.75) is 63.9 Å². The van der Waals surface area contributed by atoms with E-state index in [2.05, 4.69) is 31.9 Å². The molecular formula is C81H70N20O7. The molecule has 1 aliphatic heterocycles. The Balaban J connectivity index is 0.616. The van der Waals surface area contributed by atoms with Crippen molar-refractivity contribution in [3.8, 4) is 56.1 Å². The molecule has 6 aromatic carbocycles. The van der Waals surface area contributed by atoms with E-state index in [-0.39, 0.29) is 54.1 Å². The summed E-state index contributed by atoms with van der Waals surface area (Å²) in [5, 5.41) is 38.2. The van der Waals surface area contributed by atoms with Crippen LogP contribution in [0.4, 0.5) is 34.9 Å². The summed E-state index contributed by atoms with van der Waals surface area (Å²) in [4.78, 5) is 89.9. The molecule has 0 spiro atoms. The molecule has 536 valence electrons. The number of hydrogen-bond donors (Lipinski definition) is 6. The van der Waals surface area contributed by atoms with Crippen LogP contribution < -0.4 is 41.4 Å². The Bertz CT molecular complexity index is 5870. The number of carbonyl (C=O) groups is 5. The smallest absolute Gasteiger partial charge is 0.255 e. The standard InChI is InChI=1S/C81H70N20O7/c1-82-74(102)50-16-12-49(13-17-50)63-34-35-68(101-73(63)92-81(95-101)89-59-28-32-67(70(39-59)108-4)76(104)86-56-24-25-56)52-20-21-60(83-40-52)45-98-44-54(41-84-98)64-33-29-61(100-72(64)91-80(94-100)88-58-27-31-66(69(38-58)107-3)75(103)85-55-22-23-55)46-96(2)77(105)51-18-14-48(15-19-51)62-11-8-36-99-71(62)90-79(93-99)87-57-26-30-65-53(37-57)43-97(78(65)106)42-47-9-6-5-7-10-47/h5-21,26-41,44,55-56H,22-25,42-43,45-46H2,1-4H3,(H,82,102)(H,85,103)(H,86,104)(H,87,93)(H,88,94)(H,89,95). The number of fused-ring (bicyclic) bond motifs is 4. The number of methoxy groups -OCH3 is 2. The number of benzene rings is 6. The molecule has 6 N–H and O–H groups in total. The Kier molecular flexibility index (Phi) is 17.5. The summed E-state index contributed by atoms with van der Waals surface area (Å²) in [7, 11) is 6.38. The molecule has 0 unspecified atom stereocenters. The van der Waals surface area contributed by atoms with Crippen LogP contribution in [0.2, 0.25) is 0 Å². The van der Waals surface area contributed by atoms with Gasteiger partial charge in [0.25, 0.3) is 29.5 Å². The van der Waals surface area contributed by atoms with Crippen molar-refractivity contribution in [3.05, 3.63) is 257 Å². The maximum Gasteiger partial charge on any atom is 0.255 e. The largest absolute Gasteiger partial charge is 0.496 e. The molecule has 14 aromatic rings. The molecule has 3 aliphatic rings. The normalized spacial score (nSPS) is 13.2. The fraction of sp³-hybridized carbons (Fsp3) is 0.173. The number of hydrogen-bond acceptors (Lipinski definition) is 18. The zero-order valence-corrected chi connectivity index (χ0v) is 59.1. The summed E-state index contributed by atoms with van der Waals surface area (Å²) in [5.41, 5.74) is 15.6. The lowest BCUT2D eigenvalue weighted by molar-refractivity contribution is 0.0763. The van der Waals surface area contributed by atoms with Crippen LogP contribution >= 0.6 is 0 Å². The third-order valence-electron chi connectivity index (χ3n) is 19.4. The molecule has 8 aromatic heterocycles. The Morgan fingerprint density at radius 3 is 1.75 bits per heavy atom. The minimum absolute atomic E-state index is 0.00224. The summed E-state index contributed by atoms with van der Waals surface area (Å²) in [6.45, 7) is 1.48. The lowest BCUT2D eigenvalue weighted by Crippen LogP contribution is -2.27. The Morgan fingerprint density at radius 2 is 1.11 bits per heavy atom. The van der Waals surface area contributed by atoms with Crippen LogP contribution in [0, 0.1) is 0 Å². The van der Waals surface area contributed by atoms with Crippen molar-refractivity contribution in [1.29, 1.82) is 0 Å². The number of pyridine rings is 4. The molecule has 27 heteroatoms. The monoisotopic (exact) mass is 1430 g/mol. The van der Waals surface area contributed by atoms with E-state index < -0.39 is 0 Å². The number of aromatic nitrogens is 12. The van der Waals surface area contributed by atoms with Crippen LogP contribution in [-0.4, -0.2) is 138 Å². The first-order valence-corrected chi connectivity index (χ1v) is 35.3. The number of carbonyl (C=O) groups excluding carboxylic acids is 5. The third-order valence-corrected chi connectivity index (χ3v) is 19.4. The highest BCUT2D eigenvalue weighted by Gasteiger charge is 2.30. The fourth-order valence-electron chi connectivity index (χ4n) is 13.4. The number of amides is 5. The second-order valence-electron chi connectivity index (χ2n) is 26.9. The summed E-state index contributed by atoms with van der Waals surface area (Å²) < 4.78 is 18.4. The molecule has 17 rings (SSSR count). The molecule has 0 atom stereocenters. The van der Waals surface area contributed by atoms with Crippen LogP contribution in [0.15, 0.2) is 207 Å². The Hall–Kier alpha value is -14.1. The number of anilines is 6. The average molecular weight is 1440 g/mol. The highest BCUT2D eigenvalue weighted by Crippen LogP contribution is 2.36. The van der Waals surface area contributed by atoms with E-state index >= 15 is 0 Å². The predicted molar refractivity (Wildman–Crippen MR) is 406 cm³/mol. The van der Waals surface area contributed by atoms with Crippen molar-refractivity contribution in [1.82, 2.24) is 84.3 Å². The van der Waals surface area contributed by atoms with E-state index in [1.165, 1.54) is 14.2 Å². The number of nitrogens with one attached hydrogen (secondary N) is 6. The molecular weight excluding hydrogens is 1370 g/mol. The van der Waals surface area contributed by atoms with E-state index in [1.54, 1.807) is 110 Å². The summed E-state index contributed by atoms with van der Waals surface area (Å²) in [6, 6.07) is 56.7. The summed E-state index contributed by atoms with van der Waals surface area (Å²) in [6.07, 6.45) is 11.1. The van der Waals surface area contributed by atoms with E-state index in [0.29, 0.717) is 116 Å². The van der Waals surface area contributed by atoms with Crippen LogP contribution in [0.3, 0.4) is 0 Å². The second kappa shape index (κ2) is 28.2. The van der Waals surface area contributed by atoms with Gasteiger partial charge in [0, 0.05) is 132 Å². The highest BCUT2D eigenvalue weighted by atomic mass is 16.5. The van der Waals surface area contributed by atoms with Gasteiger partial charge in [-0.2, -0.15) is 20.1 Å². The zero-order valence-electron chi connectivity index (χ0n) is 59.1. The topological polar surface area (TPSA) is 304 Å². The maximum absolute atomic E-state index is 14.5. The molecule has 0 bridgehead atoms. The van der Waals surface area contributed by atoms with Crippen LogP contribution in [0.25, 0.3) is 61.6 Å². The van der Waals surface area contributed by atoms with Crippen molar-refractivity contribution >= 4 is 81.4 Å². The van der Waals surface area contributed by atoms with Gasteiger partial charge >= 0.3 is 0 Å². The number of nitrogens with zero attached hydrogens (tertiary/aromatic N) is 14. The van der Waals surface area contributed by atoms with Gasteiger partial charge in [0.2, 0.25) is 17.8 Å². The zero-order chi connectivity index (χ0) is 73.7. The van der Waals surface area contributed by atoms with Crippen molar-refractivity contribution in [2.75, 3.05) is 44.3 Å². The molecule has 9 heterocycles. The van der Waals surface area contributed by atoms with E-state index in [0.717, 1.165) is 81.6 Å². The van der Waals surface area contributed by atoms with Crippen molar-refractivity contribution < 1.29 is 33.4 Å². The van der Waals surface area contributed by atoms with E-state index in [9.17, 15) is 24.0 Å². The van der Waals surface area contributed by atoms with Gasteiger partial charge in [0.15, 0.2) is 16.9 Å². The second-order valence-corrected chi connectivity index (χ2v) is 26.9. The van der Waals surface area contributed by atoms with Gasteiger partial charge in [-0.05, 0) is 163 Å². The van der Waals surface area contributed by atoms with Gasteiger partial charge in [0.05, 0.1) is 61.7 Å². The number of rotatable bonds is 24. The summed E-state index contributed by atoms with van der Waals surface area (Å²) >= 11 is 0. The molecule has 5 amide bonds. The van der Waals surface area contributed by atoms with Gasteiger partial charge in [0.1, 0.15) is 11.5 Å². The van der Waals surface area contributed by atoms with E-state index in [1.807, 2.05) is 139 Å². The van der Waals surface area contributed by atoms with Crippen molar-refractivity contribution in [3.63, 3.8) is 0 Å². The predicted octanol–water partition coefficient (Wildman–Crippen LogP) is 11.9. The first kappa shape index (κ1) is 67.1. The van der Waals surface area contributed by atoms with E-state index in [4.69, 9.17) is 49.8 Å². The third kappa shape index (κ3) is 13.6. The van der Waals surface area contributed by atoms with Crippen LogP contribution in [-0.2, 0) is 26.2 Å². The minimum atomic E-state index is -0.227. The molecule has 2 aliphatic carbocycles. The SMILES string of the molecule is CNC(=O)c1ccc(-c2ccc(-c3ccc(Cn4cc(-c5ccc(CN(C)C(=O)c6ccc(-c7cccn8nc(Nc9ccc%10c(c9)CN(Cc9ccccc9)C%10=O)nc78)cc6)n6nc(Nc7ccc(C(=O)NC8CC8)c(OC)c7)nc56)cn4)nc3)n3nc(Nc4ccc(C(=O)NC5CC5)c(OC)c4)nc23)cc1. The molecule has 108 heavy (non-hydrogen) atoms. The van der Waals surface area contributed by atoms with Gasteiger partial charge in [-0.15, -0.1) is 15.3 Å². The van der Waals surface area contributed by atoms with Crippen molar-refractivity contribution in [2.24, 2.45) is 0 Å². The molecule has 0 saturated heterocycles. The van der Waals surface area contributed by atoms with Gasteiger partial charge in [-0.3, -0.25) is 33.6 Å². The van der Waals surface area contributed by atoms with Crippen LogP contribution in [0.5, 0.6) is 11.5 Å². The average Bonchev–Trinajstić information content (AvgIpc) is 1.59. The maximum atomic E-state index is 14.5. The lowest BCUT2D eigenvalue weighted by atomic mass is 10.0. The Morgan fingerprint density at radius 1 is 0.537 bits per heavy atom. The molecule has 0 radical (unpaired) electrons. The quantitative estimate of drug-likeness (QED) is 0.0327. The van der Waals surface area contributed by atoms with Gasteiger partial charge in [-0.1, -0.05) is 54.6 Å². The molecule has 27 nitrogen and oxygen atoms in total. The lowest BCUT2D eigenvalue weighted by Gasteiger charge is -2.18. The highest BCUT2D eigenvalue weighted by molar-refractivity contribution is 6.01. The first-order valence-electron chi connectivity index (χ1n) is 35.3. The summed E-state index contributed by atoms with van der Waals surface area (Å²) in [5.74, 6) is 0.893. The fourth-order valence-corrected chi connectivity index (χ4v) is 13.4. The molecule has 2 fully saturated rings. The number of ether oxygens (including phenoxy) is 2. The van der Waals surface area contributed by atoms with Gasteiger partial charge < -0.3 is 51.2 Å². The Labute approximate surface area is 617 Å². The van der Waals surface area contributed by atoms with Crippen LogP contribution in [0.1, 0.15) is 100.0 Å².